The third-order valence-corrected chi connectivity index (χ3v) is 6.15. The Morgan fingerprint density at radius 3 is 2.78 bits per heavy atom. The fourth-order valence-corrected chi connectivity index (χ4v) is 5.03. The first kappa shape index (κ1) is 20.5. The molecule has 2 aliphatic heterocycles. The maximum atomic E-state index is 13.5. The summed E-state index contributed by atoms with van der Waals surface area (Å²) in [6.07, 6.45) is 0.174. The minimum atomic E-state index is -4.59. The molecule has 1 saturated carbocycles. The van der Waals surface area contributed by atoms with Gasteiger partial charge in [0.15, 0.2) is 5.82 Å². The maximum Gasteiger partial charge on any atom is 0.417 e. The number of urea groups is 1. The van der Waals surface area contributed by atoms with Gasteiger partial charge in [0, 0.05) is 30.8 Å². The molecule has 9 nitrogen and oxygen atoms in total. The number of nitrogens with one attached hydrogen (secondary N) is 1. The Morgan fingerprint density at radius 2 is 2.12 bits per heavy atom. The summed E-state index contributed by atoms with van der Waals surface area (Å²) < 4.78 is 47.4. The van der Waals surface area contributed by atoms with Crippen LogP contribution in [0.3, 0.4) is 0 Å². The van der Waals surface area contributed by atoms with Crippen molar-refractivity contribution in [1.82, 2.24) is 29.9 Å². The summed E-state index contributed by atoms with van der Waals surface area (Å²) in [6, 6.07) is 2.97. The van der Waals surface area contributed by atoms with Gasteiger partial charge >= 0.3 is 12.2 Å². The predicted molar refractivity (Wildman–Crippen MR) is 105 cm³/mol. The number of amides is 2. The van der Waals surface area contributed by atoms with Gasteiger partial charge in [0.25, 0.3) is 0 Å². The van der Waals surface area contributed by atoms with Gasteiger partial charge < -0.3 is 14.6 Å². The molecule has 12 heteroatoms. The van der Waals surface area contributed by atoms with E-state index in [-0.39, 0.29) is 23.1 Å². The first-order chi connectivity index (χ1) is 15.2. The van der Waals surface area contributed by atoms with E-state index in [1.165, 1.54) is 29.5 Å². The highest BCUT2D eigenvalue weighted by Crippen LogP contribution is 2.55. The molecule has 0 spiro atoms. The number of carbonyl (C=O) groups is 1. The van der Waals surface area contributed by atoms with Gasteiger partial charge in [0.2, 0.25) is 12.3 Å². The van der Waals surface area contributed by atoms with E-state index in [1.807, 2.05) is 0 Å². The third kappa shape index (κ3) is 3.21. The Labute approximate surface area is 180 Å². The van der Waals surface area contributed by atoms with Crippen LogP contribution in [0.2, 0.25) is 0 Å². The maximum absolute atomic E-state index is 13.5. The Morgan fingerprint density at radius 1 is 1.31 bits per heavy atom. The van der Waals surface area contributed by atoms with Crippen LogP contribution in [0.5, 0.6) is 0 Å². The standard InChI is InChI=1S/C20H20F3N7O2/c1-11-5-13-8-19(7-11,17-27-25-10-32-17)30(13)18(31)26-12-3-4-15(20(21,22)23)14(6-12)16-24-9-29(2)28-16/h3-4,6,9-11,13H,5,7-8H2,1-2H3,(H,26,31)/t11-,13-,19+/m0/s1. The lowest BCUT2D eigenvalue weighted by molar-refractivity contribution is -0.137. The second kappa shape index (κ2) is 7.04. The Balaban J connectivity index is 1.46. The number of aromatic nitrogens is 5. The molecular weight excluding hydrogens is 427 g/mol. The minimum Gasteiger partial charge on any atom is -0.425 e. The second-order valence-electron chi connectivity index (χ2n) is 8.48. The molecule has 6 rings (SSSR count). The zero-order valence-electron chi connectivity index (χ0n) is 17.3. The van der Waals surface area contributed by atoms with Gasteiger partial charge in [0.05, 0.1) is 5.56 Å². The van der Waals surface area contributed by atoms with Gasteiger partial charge in [-0.05, 0) is 37.0 Å². The summed E-state index contributed by atoms with van der Waals surface area (Å²) in [5.41, 5.74) is -1.57. The number of hydrogen-bond acceptors (Lipinski definition) is 6. The van der Waals surface area contributed by atoms with Gasteiger partial charge in [0.1, 0.15) is 11.9 Å². The van der Waals surface area contributed by atoms with Crippen molar-refractivity contribution in [2.24, 2.45) is 13.0 Å². The van der Waals surface area contributed by atoms with Crippen LogP contribution in [0.25, 0.3) is 11.4 Å². The average molecular weight is 447 g/mol. The lowest BCUT2D eigenvalue weighted by atomic mass is 9.64. The van der Waals surface area contributed by atoms with E-state index in [9.17, 15) is 18.0 Å². The molecule has 0 radical (unpaired) electrons. The van der Waals surface area contributed by atoms with E-state index in [0.29, 0.717) is 24.7 Å². The number of anilines is 1. The van der Waals surface area contributed by atoms with Crippen LogP contribution in [0.15, 0.2) is 35.3 Å². The topological polar surface area (TPSA) is 102 Å². The molecule has 3 aliphatic rings. The molecule has 3 aromatic rings. The third-order valence-electron chi connectivity index (χ3n) is 6.15. The van der Waals surface area contributed by atoms with Gasteiger partial charge in [-0.25, -0.2) is 9.78 Å². The lowest BCUT2D eigenvalue weighted by Crippen LogP contribution is -2.70. The SMILES string of the molecule is C[C@H]1C[C@H]2C[C@@](c3nnco3)(C1)N2C(=O)Nc1ccc(C(F)(F)F)c(-c2ncn(C)n2)c1. The summed E-state index contributed by atoms with van der Waals surface area (Å²) in [4.78, 5) is 18.8. The number of benzene rings is 1. The molecule has 3 atom stereocenters. The normalized spacial score (nSPS) is 24.8. The summed E-state index contributed by atoms with van der Waals surface area (Å²) in [5.74, 6) is 0.673. The Hall–Kier alpha value is -3.44. The smallest absolute Gasteiger partial charge is 0.417 e. The molecule has 4 heterocycles. The van der Waals surface area contributed by atoms with Crippen molar-refractivity contribution in [3.63, 3.8) is 0 Å². The van der Waals surface area contributed by atoms with Gasteiger partial charge in [-0.3, -0.25) is 4.68 Å². The first-order valence-corrected chi connectivity index (χ1v) is 10.1. The summed E-state index contributed by atoms with van der Waals surface area (Å²) in [7, 11) is 1.57. The van der Waals surface area contributed by atoms with Gasteiger partial charge in [-0.1, -0.05) is 6.92 Å². The molecule has 3 fully saturated rings. The van der Waals surface area contributed by atoms with Crippen molar-refractivity contribution in [1.29, 1.82) is 0 Å². The van der Waals surface area contributed by atoms with E-state index in [2.05, 4.69) is 32.5 Å². The number of rotatable bonds is 3. The van der Waals surface area contributed by atoms with Crippen molar-refractivity contribution in [2.45, 2.75) is 43.9 Å². The zero-order chi connectivity index (χ0) is 22.7. The second-order valence-corrected chi connectivity index (χ2v) is 8.48. The first-order valence-electron chi connectivity index (χ1n) is 10.1. The quantitative estimate of drug-likeness (QED) is 0.655. The fraction of sp³-hybridized carbons (Fsp3) is 0.450. The van der Waals surface area contributed by atoms with E-state index in [0.717, 1.165) is 12.5 Å². The van der Waals surface area contributed by atoms with Crippen LogP contribution in [0, 0.1) is 5.92 Å². The average Bonchev–Trinajstić information content (AvgIpc) is 3.38. The summed E-state index contributed by atoms with van der Waals surface area (Å²) >= 11 is 0. The molecule has 1 N–H and O–H groups in total. The number of nitrogens with zero attached hydrogens (tertiary/aromatic N) is 6. The molecule has 1 aromatic carbocycles. The molecule has 2 aromatic heterocycles. The van der Waals surface area contributed by atoms with Crippen LogP contribution < -0.4 is 5.32 Å². The van der Waals surface area contributed by atoms with Crippen molar-refractivity contribution < 1.29 is 22.4 Å². The van der Waals surface area contributed by atoms with Crippen LogP contribution in [0.1, 0.15) is 37.6 Å². The Kier molecular flexibility index (Phi) is 4.50. The van der Waals surface area contributed by atoms with Crippen molar-refractivity contribution >= 4 is 11.7 Å². The van der Waals surface area contributed by atoms with E-state index in [1.54, 1.807) is 11.9 Å². The summed E-state index contributed by atoms with van der Waals surface area (Å²) in [5, 5.41) is 14.5. The number of hydrogen-bond donors (Lipinski definition) is 1. The molecule has 2 amide bonds. The molecular formula is C20H20F3N7O2. The molecule has 168 valence electrons. The lowest BCUT2D eigenvalue weighted by Gasteiger charge is -2.61. The van der Waals surface area contributed by atoms with Crippen molar-refractivity contribution in [3.8, 4) is 11.4 Å². The number of alkyl halides is 3. The summed E-state index contributed by atoms with van der Waals surface area (Å²) in [6.45, 7) is 2.11. The van der Waals surface area contributed by atoms with Gasteiger partial charge in [-0.15, -0.1) is 10.2 Å². The monoisotopic (exact) mass is 447 g/mol. The highest BCUT2D eigenvalue weighted by Gasteiger charge is 2.62. The Bertz CT molecular complexity index is 1160. The molecule has 1 aliphatic carbocycles. The molecule has 32 heavy (non-hydrogen) atoms. The molecule has 2 bridgehead atoms. The highest BCUT2D eigenvalue weighted by molar-refractivity contribution is 5.92. The molecule has 2 saturated heterocycles. The number of piperidine rings is 1. The van der Waals surface area contributed by atoms with E-state index in [4.69, 9.17) is 4.42 Å². The van der Waals surface area contributed by atoms with E-state index >= 15 is 0 Å². The van der Waals surface area contributed by atoms with E-state index < -0.39 is 23.3 Å². The van der Waals surface area contributed by atoms with Crippen LogP contribution in [-0.2, 0) is 18.8 Å². The largest absolute Gasteiger partial charge is 0.425 e. The van der Waals surface area contributed by atoms with Crippen LogP contribution in [0.4, 0.5) is 23.7 Å². The van der Waals surface area contributed by atoms with Crippen LogP contribution >= 0.6 is 0 Å². The number of aryl methyl sites for hydroxylation is 1. The van der Waals surface area contributed by atoms with Crippen molar-refractivity contribution in [3.05, 3.63) is 42.4 Å². The van der Waals surface area contributed by atoms with Crippen molar-refractivity contribution in [2.75, 3.05) is 5.32 Å². The number of halogens is 3. The minimum absolute atomic E-state index is 0.00275. The predicted octanol–water partition coefficient (Wildman–Crippen LogP) is 3.82. The molecule has 0 unspecified atom stereocenters. The number of fused-ring (bicyclic) bond motifs is 2. The van der Waals surface area contributed by atoms with Crippen LogP contribution in [-0.4, -0.2) is 41.9 Å². The highest BCUT2D eigenvalue weighted by atomic mass is 19.4. The zero-order valence-corrected chi connectivity index (χ0v) is 17.3. The van der Waals surface area contributed by atoms with Gasteiger partial charge in [-0.2, -0.15) is 18.3 Å². The fourth-order valence-electron chi connectivity index (χ4n) is 5.03. The number of carbonyl (C=O) groups excluding carboxylic acids is 1.